The number of furan rings is 1. The zero-order valence-corrected chi connectivity index (χ0v) is 15.3. The molecule has 0 atom stereocenters. The molecule has 3 rings (SSSR count). The van der Waals surface area contributed by atoms with Gasteiger partial charge in [-0.1, -0.05) is 23.2 Å². The van der Waals surface area contributed by atoms with Gasteiger partial charge in [-0.25, -0.2) is 9.59 Å². The van der Waals surface area contributed by atoms with Crippen LogP contribution in [0.3, 0.4) is 0 Å². The number of nitrogens with one attached hydrogen (secondary N) is 1. The lowest BCUT2D eigenvalue weighted by molar-refractivity contribution is -0.123. The highest BCUT2D eigenvalue weighted by molar-refractivity contribution is 6.37. The Balaban J connectivity index is 1.81. The Morgan fingerprint density at radius 2 is 1.96 bits per heavy atom. The van der Waals surface area contributed by atoms with Crippen molar-refractivity contribution in [3.05, 3.63) is 57.1 Å². The summed E-state index contributed by atoms with van der Waals surface area (Å²) in [5, 5.41) is 12.0. The zero-order chi connectivity index (χ0) is 19.7. The van der Waals surface area contributed by atoms with E-state index in [9.17, 15) is 19.5 Å². The summed E-state index contributed by atoms with van der Waals surface area (Å²) in [5.41, 5.74) is 0.414. The Bertz CT molecular complexity index is 959. The monoisotopic (exact) mass is 410 g/mol. The molecule has 2 aromatic rings. The molecule has 1 aromatic heterocycles. The van der Waals surface area contributed by atoms with Gasteiger partial charge in [-0.05, 0) is 35.9 Å². The summed E-state index contributed by atoms with van der Waals surface area (Å²) in [7, 11) is 1.21. The molecule has 1 aliphatic heterocycles. The van der Waals surface area contributed by atoms with Crippen LogP contribution in [0.5, 0.6) is 5.75 Å². The molecule has 1 saturated heterocycles. The number of hydrogen-bond acceptors (Lipinski definition) is 6. The largest absolute Gasteiger partial charge is 0.505 e. The van der Waals surface area contributed by atoms with Crippen LogP contribution in [0.15, 0.2) is 34.4 Å². The molecule has 2 heterocycles. The molecule has 10 heteroatoms. The van der Waals surface area contributed by atoms with Crippen LogP contribution in [0.1, 0.15) is 21.9 Å². The molecule has 0 radical (unpaired) electrons. The number of methoxy groups -OCH3 is 1. The summed E-state index contributed by atoms with van der Waals surface area (Å²) in [6.45, 7) is -0.171. The number of imide groups is 1. The number of hydrogen-bond donors (Lipinski definition) is 2. The van der Waals surface area contributed by atoms with E-state index in [1.54, 1.807) is 0 Å². The molecular formula is C17H12Cl2N2O6. The molecule has 1 aromatic carbocycles. The highest BCUT2D eigenvalue weighted by Gasteiger charge is 2.34. The van der Waals surface area contributed by atoms with Crippen LogP contribution in [0.4, 0.5) is 4.79 Å². The second-order valence-electron chi connectivity index (χ2n) is 5.47. The molecule has 140 valence electrons. The van der Waals surface area contributed by atoms with E-state index in [4.69, 9.17) is 27.6 Å². The third kappa shape index (κ3) is 3.76. The van der Waals surface area contributed by atoms with Crippen molar-refractivity contribution in [1.29, 1.82) is 0 Å². The van der Waals surface area contributed by atoms with Crippen molar-refractivity contribution in [3.63, 3.8) is 0 Å². The predicted octanol–water partition coefficient (Wildman–Crippen LogP) is 3.17. The lowest BCUT2D eigenvalue weighted by Crippen LogP contribution is -2.30. The average molecular weight is 411 g/mol. The molecular weight excluding hydrogens is 399 g/mol. The molecule has 3 amide bonds. The molecule has 2 N–H and O–H groups in total. The Hall–Kier alpha value is -2.97. The fourth-order valence-corrected chi connectivity index (χ4v) is 2.88. The SMILES string of the molecule is COC(=O)c1ccc(CN2C(=O)N/C(=C\c3cc(Cl)c(O)c(Cl)c3)C2=O)o1. The van der Waals surface area contributed by atoms with E-state index in [-0.39, 0.29) is 39.6 Å². The van der Waals surface area contributed by atoms with Crippen molar-refractivity contribution in [1.82, 2.24) is 10.2 Å². The van der Waals surface area contributed by atoms with E-state index >= 15 is 0 Å². The van der Waals surface area contributed by atoms with Gasteiger partial charge in [0.05, 0.1) is 23.7 Å². The van der Waals surface area contributed by atoms with Gasteiger partial charge in [0.2, 0.25) is 5.76 Å². The summed E-state index contributed by atoms with van der Waals surface area (Å²) in [5.74, 6) is -1.35. The number of halogens is 2. The molecule has 0 spiro atoms. The van der Waals surface area contributed by atoms with Gasteiger partial charge in [0.25, 0.3) is 5.91 Å². The lowest BCUT2D eigenvalue weighted by atomic mass is 10.2. The second kappa shape index (κ2) is 7.34. The van der Waals surface area contributed by atoms with Crippen molar-refractivity contribution in [3.8, 4) is 5.75 Å². The normalized spacial score (nSPS) is 15.4. The Morgan fingerprint density at radius 1 is 1.30 bits per heavy atom. The summed E-state index contributed by atoms with van der Waals surface area (Å²) in [6.07, 6.45) is 1.37. The van der Waals surface area contributed by atoms with Gasteiger partial charge in [-0.2, -0.15) is 0 Å². The van der Waals surface area contributed by atoms with Crippen molar-refractivity contribution >= 4 is 47.2 Å². The van der Waals surface area contributed by atoms with Gasteiger partial charge in [0.1, 0.15) is 11.5 Å². The molecule has 1 fully saturated rings. The van der Waals surface area contributed by atoms with E-state index in [2.05, 4.69) is 10.1 Å². The topological polar surface area (TPSA) is 109 Å². The molecule has 27 heavy (non-hydrogen) atoms. The van der Waals surface area contributed by atoms with Crippen molar-refractivity contribution in [2.24, 2.45) is 0 Å². The van der Waals surface area contributed by atoms with Crippen LogP contribution in [-0.4, -0.2) is 35.0 Å². The van der Waals surface area contributed by atoms with Gasteiger partial charge < -0.3 is 19.6 Å². The third-order valence-corrected chi connectivity index (χ3v) is 4.25. The van der Waals surface area contributed by atoms with Gasteiger partial charge in [0.15, 0.2) is 5.75 Å². The maximum atomic E-state index is 12.5. The molecule has 8 nitrogen and oxygen atoms in total. The number of ether oxygens (including phenoxy) is 1. The fourth-order valence-electron chi connectivity index (χ4n) is 2.38. The van der Waals surface area contributed by atoms with E-state index in [0.717, 1.165) is 4.90 Å². The van der Waals surface area contributed by atoms with Crippen molar-refractivity contribution in [2.75, 3.05) is 7.11 Å². The maximum Gasteiger partial charge on any atom is 0.373 e. The quantitative estimate of drug-likeness (QED) is 0.455. The lowest BCUT2D eigenvalue weighted by Gasteiger charge is -2.09. The molecule has 0 bridgehead atoms. The van der Waals surface area contributed by atoms with E-state index in [0.29, 0.717) is 5.56 Å². The first-order valence-corrected chi connectivity index (χ1v) is 8.25. The average Bonchev–Trinajstić information content (AvgIpc) is 3.20. The summed E-state index contributed by atoms with van der Waals surface area (Å²) in [6, 6.07) is 4.99. The van der Waals surface area contributed by atoms with Crippen molar-refractivity contribution in [2.45, 2.75) is 6.54 Å². The first-order chi connectivity index (χ1) is 12.8. The summed E-state index contributed by atoms with van der Waals surface area (Å²) in [4.78, 5) is 36.9. The number of esters is 1. The third-order valence-electron chi connectivity index (χ3n) is 3.67. The Labute approximate surface area is 162 Å². The summed E-state index contributed by atoms with van der Waals surface area (Å²) < 4.78 is 9.79. The van der Waals surface area contributed by atoms with Crippen molar-refractivity contribution < 1.29 is 28.6 Å². The predicted molar refractivity (Wildman–Crippen MR) is 95.2 cm³/mol. The van der Waals surface area contributed by atoms with Crippen LogP contribution < -0.4 is 5.32 Å². The highest BCUT2D eigenvalue weighted by atomic mass is 35.5. The summed E-state index contributed by atoms with van der Waals surface area (Å²) >= 11 is 11.7. The number of rotatable bonds is 4. The highest BCUT2D eigenvalue weighted by Crippen LogP contribution is 2.33. The standard InChI is InChI=1S/C17H12Cl2N2O6/c1-26-16(24)13-3-2-9(27-13)7-21-15(23)12(20-17(21)25)6-8-4-10(18)14(22)11(19)5-8/h2-6,22H,7H2,1H3,(H,20,25)/b12-6-. The van der Waals surface area contributed by atoms with E-state index in [1.165, 1.54) is 37.5 Å². The van der Waals surface area contributed by atoms with E-state index < -0.39 is 17.9 Å². The number of nitrogens with zero attached hydrogens (tertiary/aromatic N) is 1. The number of urea groups is 1. The number of aromatic hydroxyl groups is 1. The van der Waals surface area contributed by atoms with Crippen LogP contribution in [-0.2, 0) is 16.1 Å². The first-order valence-electron chi connectivity index (χ1n) is 7.49. The van der Waals surface area contributed by atoms with Crippen LogP contribution >= 0.6 is 23.2 Å². The number of phenols is 1. The van der Waals surface area contributed by atoms with Crippen LogP contribution in [0.2, 0.25) is 10.0 Å². The number of phenolic OH excluding ortho intramolecular Hbond substituents is 1. The second-order valence-corrected chi connectivity index (χ2v) is 6.28. The van der Waals surface area contributed by atoms with Gasteiger partial charge in [0, 0.05) is 0 Å². The van der Waals surface area contributed by atoms with Crippen LogP contribution in [0, 0.1) is 0 Å². The van der Waals surface area contributed by atoms with Gasteiger partial charge in [-0.3, -0.25) is 9.69 Å². The van der Waals surface area contributed by atoms with Gasteiger partial charge >= 0.3 is 12.0 Å². The Kier molecular flexibility index (Phi) is 5.11. The minimum absolute atomic E-state index is 0.00225. The first kappa shape index (κ1) is 18.8. The molecule has 0 aliphatic carbocycles. The number of benzene rings is 1. The molecule has 1 aliphatic rings. The molecule has 0 saturated carbocycles. The molecule has 0 unspecified atom stereocenters. The smallest absolute Gasteiger partial charge is 0.373 e. The number of carbonyl (C=O) groups excluding carboxylic acids is 3. The van der Waals surface area contributed by atoms with Crippen LogP contribution in [0.25, 0.3) is 6.08 Å². The minimum Gasteiger partial charge on any atom is -0.505 e. The zero-order valence-electron chi connectivity index (χ0n) is 13.8. The van der Waals surface area contributed by atoms with E-state index in [1.807, 2.05) is 0 Å². The number of amides is 3. The maximum absolute atomic E-state index is 12.5. The number of carbonyl (C=O) groups is 3. The fraction of sp³-hybridized carbons (Fsp3) is 0.118. The van der Waals surface area contributed by atoms with Gasteiger partial charge in [-0.15, -0.1) is 0 Å². The Morgan fingerprint density at radius 3 is 2.59 bits per heavy atom. The minimum atomic E-state index is -0.667.